The summed E-state index contributed by atoms with van der Waals surface area (Å²) >= 11 is 3.04. The van der Waals surface area contributed by atoms with Gasteiger partial charge in [0.2, 0.25) is 5.89 Å². The van der Waals surface area contributed by atoms with Gasteiger partial charge in [-0.15, -0.1) is 23.1 Å². The Bertz CT molecular complexity index is 753. The molecule has 3 aromatic rings. The summed E-state index contributed by atoms with van der Waals surface area (Å²) in [6, 6.07) is 8.30. The van der Waals surface area contributed by atoms with E-state index in [0.29, 0.717) is 17.3 Å². The van der Waals surface area contributed by atoms with E-state index in [2.05, 4.69) is 4.98 Å². The van der Waals surface area contributed by atoms with E-state index in [1.54, 1.807) is 17.4 Å². The van der Waals surface area contributed by atoms with Crippen molar-refractivity contribution in [2.24, 2.45) is 0 Å². The molecule has 0 saturated heterocycles. The van der Waals surface area contributed by atoms with Gasteiger partial charge in [-0.25, -0.2) is 9.37 Å². The van der Waals surface area contributed by atoms with Crippen LogP contribution in [0.15, 0.2) is 45.0 Å². The van der Waals surface area contributed by atoms with Gasteiger partial charge in [0.1, 0.15) is 11.6 Å². The number of thioether (sulfide) groups is 1. The minimum atomic E-state index is -0.289. The topological polar surface area (TPSA) is 52.0 Å². The smallest absolute Gasteiger partial charge is 0.236 e. The van der Waals surface area contributed by atoms with Crippen LogP contribution in [0.1, 0.15) is 11.5 Å². The number of thiophene rings is 1. The van der Waals surface area contributed by atoms with E-state index in [4.69, 9.17) is 10.2 Å². The van der Waals surface area contributed by atoms with Gasteiger partial charge in [-0.3, -0.25) is 0 Å². The Morgan fingerprint density at radius 1 is 1.38 bits per heavy atom. The number of anilines is 1. The lowest BCUT2D eigenvalue weighted by Gasteiger charge is -2.04. The first-order valence-corrected chi connectivity index (χ1v) is 8.18. The molecule has 0 saturated carbocycles. The second-order valence-electron chi connectivity index (χ2n) is 4.47. The third-order valence-electron chi connectivity index (χ3n) is 2.96. The van der Waals surface area contributed by atoms with Gasteiger partial charge >= 0.3 is 0 Å². The van der Waals surface area contributed by atoms with Gasteiger partial charge in [0, 0.05) is 16.3 Å². The predicted molar refractivity (Wildman–Crippen MR) is 84.9 cm³/mol. The van der Waals surface area contributed by atoms with E-state index in [9.17, 15) is 4.39 Å². The van der Waals surface area contributed by atoms with Crippen LogP contribution in [0.4, 0.5) is 10.1 Å². The molecule has 2 aromatic heterocycles. The maximum atomic E-state index is 13.2. The van der Waals surface area contributed by atoms with Crippen LogP contribution >= 0.6 is 23.1 Å². The van der Waals surface area contributed by atoms with E-state index in [0.717, 1.165) is 21.2 Å². The van der Waals surface area contributed by atoms with Crippen LogP contribution < -0.4 is 5.73 Å². The van der Waals surface area contributed by atoms with Crippen molar-refractivity contribution in [2.75, 3.05) is 5.73 Å². The van der Waals surface area contributed by atoms with E-state index in [-0.39, 0.29) is 5.82 Å². The average Bonchev–Trinajstić information content (AvgIpc) is 3.09. The number of hydrogen-bond donors (Lipinski definition) is 1. The summed E-state index contributed by atoms with van der Waals surface area (Å²) in [5.74, 6) is 1.71. The Morgan fingerprint density at radius 3 is 3.00 bits per heavy atom. The Hall–Kier alpha value is -1.79. The highest BCUT2D eigenvalue weighted by Gasteiger charge is 2.13. The minimum Gasteiger partial charge on any atom is -0.440 e. The van der Waals surface area contributed by atoms with Crippen LogP contribution in [-0.4, -0.2) is 4.98 Å². The molecule has 108 valence electrons. The highest BCUT2D eigenvalue weighted by atomic mass is 32.2. The summed E-state index contributed by atoms with van der Waals surface area (Å²) in [4.78, 5) is 6.23. The van der Waals surface area contributed by atoms with Crippen LogP contribution in [0.2, 0.25) is 0 Å². The molecule has 0 spiro atoms. The number of aromatic nitrogens is 1. The second-order valence-corrected chi connectivity index (χ2v) is 6.43. The number of oxazole rings is 1. The van der Waals surface area contributed by atoms with Crippen molar-refractivity contribution in [3.63, 3.8) is 0 Å². The monoisotopic (exact) mass is 320 g/mol. The molecule has 0 unspecified atom stereocenters. The average molecular weight is 320 g/mol. The molecule has 0 bridgehead atoms. The highest BCUT2D eigenvalue weighted by molar-refractivity contribution is 7.98. The van der Waals surface area contributed by atoms with Crippen molar-refractivity contribution in [1.82, 2.24) is 4.98 Å². The Kier molecular flexibility index (Phi) is 3.98. The summed E-state index contributed by atoms with van der Waals surface area (Å²) in [7, 11) is 0. The molecule has 21 heavy (non-hydrogen) atoms. The van der Waals surface area contributed by atoms with Gasteiger partial charge in [0.25, 0.3) is 0 Å². The summed E-state index contributed by atoms with van der Waals surface area (Å²) in [6.07, 6.45) is 0. The van der Waals surface area contributed by atoms with Crippen molar-refractivity contribution in [2.45, 2.75) is 17.6 Å². The molecule has 3 nitrogen and oxygen atoms in total. The van der Waals surface area contributed by atoms with Crippen LogP contribution in [0.25, 0.3) is 10.8 Å². The number of nitrogens with two attached hydrogens (primary N) is 1. The molecule has 0 aliphatic carbocycles. The van der Waals surface area contributed by atoms with Crippen LogP contribution in [-0.2, 0) is 5.75 Å². The lowest BCUT2D eigenvalue weighted by Crippen LogP contribution is -1.91. The maximum Gasteiger partial charge on any atom is 0.236 e. The van der Waals surface area contributed by atoms with Gasteiger partial charge in [0.15, 0.2) is 0 Å². The standard InChI is InChI=1S/C15H13FN2OS2/c1-9-12(18-15(19-9)13-3-2-6-20-13)8-21-14-7-10(16)4-5-11(14)17/h2-7H,8,17H2,1H3. The van der Waals surface area contributed by atoms with Gasteiger partial charge < -0.3 is 10.2 Å². The van der Waals surface area contributed by atoms with Crippen LogP contribution in [0.3, 0.4) is 0 Å². The lowest BCUT2D eigenvalue weighted by atomic mass is 10.3. The summed E-state index contributed by atoms with van der Waals surface area (Å²) in [5.41, 5.74) is 7.27. The van der Waals surface area contributed by atoms with Crippen LogP contribution in [0.5, 0.6) is 0 Å². The molecule has 6 heteroatoms. The molecule has 0 atom stereocenters. The van der Waals surface area contributed by atoms with E-state index < -0.39 is 0 Å². The molecule has 0 radical (unpaired) electrons. The van der Waals surface area contributed by atoms with Gasteiger partial charge in [0.05, 0.1) is 10.6 Å². The van der Waals surface area contributed by atoms with E-state index >= 15 is 0 Å². The first-order valence-electron chi connectivity index (χ1n) is 6.31. The van der Waals surface area contributed by atoms with Gasteiger partial charge in [-0.1, -0.05) is 6.07 Å². The lowest BCUT2D eigenvalue weighted by molar-refractivity contribution is 0.542. The van der Waals surface area contributed by atoms with Crippen molar-refractivity contribution < 1.29 is 8.81 Å². The third kappa shape index (κ3) is 3.11. The zero-order valence-electron chi connectivity index (χ0n) is 11.3. The maximum absolute atomic E-state index is 13.2. The van der Waals surface area contributed by atoms with Crippen molar-refractivity contribution in [3.8, 4) is 10.8 Å². The zero-order valence-corrected chi connectivity index (χ0v) is 12.9. The van der Waals surface area contributed by atoms with Gasteiger partial charge in [-0.2, -0.15) is 0 Å². The molecule has 0 fully saturated rings. The first kappa shape index (κ1) is 14.2. The zero-order chi connectivity index (χ0) is 14.8. The third-order valence-corrected chi connectivity index (χ3v) is 4.90. The fraction of sp³-hybridized carbons (Fsp3) is 0.133. The number of nitrogen functional groups attached to an aromatic ring is 1. The molecule has 0 aliphatic heterocycles. The first-order chi connectivity index (χ1) is 10.1. The fourth-order valence-electron chi connectivity index (χ4n) is 1.85. The molecule has 0 amide bonds. The SMILES string of the molecule is Cc1oc(-c2cccs2)nc1CSc1cc(F)ccc1N. The molecule has 3 rings (SSSR count). The highest BCUT2D eigenvalue weighted by Crippen LogP contribution is 2.32. The molecule has 2 N–H and O–H groups in total. The van der Waals surface area contributed by atoms with Gasteiger partial charge in [-0.05, 0) is 36.6 Å². The fourth-order valence-corrected chi connectivity index (χ4v) is 3.49. The molecular formula is C15H13FN2OS2. The van der Waals surface area contributed by atoms with Crippen molar-refractivity contribution in [3.05, 3.63) is 53.0 Å². The van der Waals surface area contributed by atoms with Crippen molar-refractivity contribution in [1.29, 1.82) is 0 Å². The molecule has 0 aliphatic rings. The number of nitrogens with zero attached hydrogens (tertiary/aromatic N) is 1. The minimum absolute atomic E-state index is 0.289. The summed E-state index contributed by atoms with van der Waals surface area (Å²) in [6.45, 7) is 1.88. The molecule has 1 aromatic carbocycles. The van der Waals surface area contributed by atoms with E-state index in [1.165, 1.54) is 23.9 Å². The summed E-state index contributed by atoms with van der Waals surface area (Å²) in [5, 5.41) is 1.98. The number of halogens is 1. The number of aryl methyl sites for hydroxylation is 1. The number of hydrogen-bond acceptors (Lipinski definition) is 5. The number of rotatable bonds is 4. The Labute approximate surface area is 130 Å². The number of benzene rings is 1. The van der Waals surface area contributed by atoms with Crippen molar-refractivity contribution >= 4 is 28.8 Å². The van der Waals surface area contributed by atoms with E-state index in [1.807, 2.05) is 24.4 Å². The summed E-state index contributed by atoms with van der Waals surface area (Å²) < 4.78 is 18.9. The molecular weight excluding hydrogens is 307 g/mol. The quantitative estimate of drug-likeness (QED) is 0.558. The Balaban J connectivity index is 1.78. The predicted octanol–water partition coefficient (Wildman–Crippen LogP) is 4.73. The Morgan fingerprint density at radius 2 is 2.24 bits per heavy atom. The normalized spacial score (nSPS) is 11.0. The second kappa shape index (κ2) is 5.91. The molecule has 2 heterocycles. The largest absolute Gasteiger partial charge is 0.440 e. The van der Waals surface area contributed by atoms with Crippen LogP contribution in [0, 0.1) is 12.7 Å².